The van der Waals surface area contributed by atoms with Crippen molar-refractivity contribution in [2.24, 2.45) is 0 Å². The highest BCUT2D eigenvalue weighted by Gasteiger charge is 2.23. The Morgan fingerprint density at radius 2 is 1.68 bits per heavy atom. The van der Waals surface area contributed by atoms with Gasteiger partial charge in [-0.3, -0.25) is 4.72 Å². The van der Waals surface area contributed by atoms with Crippen LogP contribution in [0.15, 0.2) is 35.2 Å². The zero-order valence-electron chi connectivity index (χ0n) is 13.7. The lowest BCUT2D eigenvalue weighted by molar-refractivity contribution is 0.0697. The number of carbonyl (C=O) groups is 1. The number of nitrogens with one attached hydrogen (secondary N) is 1. The van der Waals surface area contributed by atoms with Crippen LogP contribution in [0.1, 0.15) is 21.5 Å². The number of anilines is 1. The molecular formula is C17H17NO6S. The van der Waals surface area contributed by atoms with Crippen LogP contribution in [0.5, 0.6) is 11.5 Å². The number of aryl methyl sites for hydroxylation is 2. The third-order valence-electron chi connectivity index (χ3n) is 3.95. The first kappa shape index (κ1) is 17.1. The average molecular weight is 363 g/mol. The summed E-state index contributed by atoms with van der Waals surface area (Å²) < 4.78 is 38.3. The summed E-state index contributed by atoms with van der Waals surface area (Å²) in [6, 6.07) is 7.30. The molecule has 1 aliphatic heterocycles. The minimum atomic E-state index is -3.94. The van der Waals surface area contributed by atoms with Crippen molar-refractivity contribution in [1.82, 2.24) is 0 Å². The number of sulfonamides is 1. The third-order valence-corrected chi connectivity index (χ3v) is 5.31. The molecule has 1 heterocycles. The first-order chi connectivity index (χ1) is 11.8. The highest BCUT2D eigenvalue weighted by molar-refractivity contribution is 7.92. The zero-order chi connectivity index (χ0) is 18.2. The summed E-state index contributed by atoms with van der Waals surface area (Å²) in [5.74, 6) is -0.693. The van der Waals surface area contributed by atoms with Gasteiger partial charge in [0.05, 0.1) is 16.1 Å². The van der Waals surface area contributed by atoms with E-state index in [1.165, 1.54) is 24.3 Å². The molecule has 0 bridgehead atoms. The summed E-state index contributed by atoms with van der Waals surface area (Å²) in [5, 5.41) is 9.38. The Morgan fingerprint density at radius 3 is 2.28 bits per heavy atom. The van der Waals surface area contributed by atoms with E-state index in [2.05, 4.69) is 4.72 Å². The van der Waals surface area contributed by atoms with Gasteiger partial charge in [-0.15, -0.1) is 0 Å². The van der Waals surface area contributed by atoms with E-state index in [1.807, 2.05) is 6.92 Å². The minimum absolute atomic E-state index is 0.0572. The Morgan fingerprint density at radius 1 is 1.04 bits per heavy atom. The highest BCUT2D eigenvalue weighted by Crippen LogP contribution is 2.36. The largest absolute Gasteiger partial charge is 0.486 e. The Bertz CT molecular complexity index is 952. The van der Waals surface area contributed by atoms with E-state index >= 15 is 0 Å². The van der Waals surface area contributed by atoms with Crippen molar-refractivity contribution in [2.75, 3.05) is 17.9 Å². The molecule has 0 saturated heterocycles. The number of ether oxygens (including phenoxy) is 2. The lowest BCUT2D eigenvalue weighted by Crippen LogP contribution is -2.19. The first-order valence-corrected chi connectivity index (χ1v) is 9.03. The molecule has 8 heteroatoms. The van der Waals surface area contributed by atoms with Crippen LogP contribution in [0.3, 0.4) is 0 Å². The quantitative estimate of drug-likeness (QED) is 0.866. The van der Waals surface area contributed by atoms with Gasteiger partial charge in [0.2, 0.25) is 0 Å². The monoisotopic (exact) mass is 363 g/mol. The van der Waals surface area contributed by atoms with Gasteiger partial charge in [-0.2, -0.15) is 0 Å². The fraction of sp³-hybridized carbons (Fsp3) is 0.235. The second-order valence-corrected chi connectivity index (χ2v) is 7.38. The lowest BCUT2D eigenvalue weighted by atomic mass is 10.1. The number of carboxylic acid groups (broad SMARTS) is 1. The van der Waals surface area contributed by atoms with Crippen LogP contribution in [0.2, 0.25) is 0 Å². The van der Waals surface area contributed by atoms with E-state index in [1.54, 1.807) is 13.0 Å². The molecule has 25 heavy (non-hydrogen) atoms. The van der Waals surface area contributed by atoms with Gasteiger partial charge in [0.1, 0.15) is 13.2 Å². The third kappa shape index (κ3) is 3.39. The number of aromatic carboxylic acids is 1. The molecule has 132 valence electrons. The zero-order valence-corrected chi connectivity index (χ0v) is 14.5. The SMILES string of the molecule is Cc1ccc(S(=O)(=O)Nc2cc3c(cc2C(=O)O)OCCO3)cc1C. The molecule has 2 N–H and O–H groups in total. The summed E-state index contributed by atoms with van der Waals surface area (Å²) in [7, 11) is -3.94. The number of benzene rings is 2. The predicted molar refractivity (Wildman–Crippen MR) is 91.1 cm³/mol. The number of hydrogen-bond acceptors (Lipinski definition) is 5. The van der Waals surface area contributed by atoms with Gasteiger partial charge in [0, 0.05) is 12.1 Å². The van der Waals surface area contributed by atoms with Gasteiger partial charge in [-0.25, -0.2) is 13.2 Å². The van der Waals surface area contributed by atoms with Crippen molar-refractivity contribution in [3.05, 3.63) is 47.0 Å². The summed E-state index contributed by atoms with van der Waals surface area (Å²) >= 11 is 0. The van der Waals surface area contributed by atoms with Gasteiger partial charge < -0.3 is 14.6 Å². The number of fused-ring (bicyclic) bond motifs is 1. The predicted octanol–water partition coefficient (Wildman–Crippen LogP) is 2.57. The van der Waals surface area contributed by atoms with Crippen molar-refractivity contribution in [3.8, 4) is 11.5 Å². The molecule has 7 nitrogen and oxygen atoms in total. The lowest BCUT2D eigenvalue weighted by Gasteiger charge is -2.20. The Hall–Kier alpha value is -2.74. The van der Waals surface area contributed by atoms with Crippen LogP contribution in [0.25, 0.3) is 0 Å². The van der Waals surface area contributed by atoms with E-state index in [-0.39, 0.29) is 21.9 Å². The van der Waals surface area contributed by atoms with Crippen molar-refractivity contribution in [2.45, 2.75) is 18.7 Å². The molecule has 0 radical (unpaired) electrons. The maximum Gasteiger partial charge on any atom is 0.337 e. The molecule has 2 aromatic carbocycles. The summed E-state index contributed by atoms with van der Waals surface area (Å²) in [4.78, 5) is 11.6. The van der Waals surface area contributed by atoms with Gasteiger partial charge in [0.15, 0.2) is 11.5 Å². The van der Waals surface area contributed by atoms with Crippen LogP contribution in [0.4, 0.5) is 5.69 Å². The van der Waals surface area contributed by atoms with Crippen molar-refractivity contribution < 1.29 is 27.8 Å². The summed E-state index contributed by atoms with van der Waals surface area (Å²) in [6.45, 7) is 4.30. The molecule has 2 aromatic rings. The van der Waals surface area contributed by atoms with E-state index in [4.69, 9.17) is 9.47 Å². The van der Waals surface area contributed by atoms with Crippen molar-refractivity contribution in [1.29, 1.82) is 0 Å². The summed E-state index contributed by atoms with van der Waals surface area (Å²) in [5.41, 5.74) is 1.50. The smallest absolute Gasteiger partial charge is 0.337 e. The molecule has 0 unspecified atom stereocenters. The topological polar surface area (TPSA) is 102 Å². The van der Waals surface area contributed by atoms with Crippen LogP contribution in [-0.4, -0.2) is 32.7 Å². The van der Waals surface area contributed by atoms with E-state index < -0.39 is 16.0 Å². The second kappa shape index (κ2) is 6.29. The van der Waals surface area contributed by atoms with E-state index in [0.29, 0.717) is 19.0 Å². The van der Waals surface area contributed by atoms with Gasteiger partial charge in [0.25, 0.3) is 10.0 Å². The van der Waals surface area contributed by atoms with Gasteiger partial charge in [-0.05, 0) is 37.1 Å². The summed E-state index contributed by atoms with van der Waals surface area (Å²) in [6.07, 6.45) is 0. The molecule has 0 amide bonds. The molecule has 0 aliphatic carbocycles. The number of rotatable bonds is 4. The molecule has 0 aromatic heterocycles. The fourth-order valence-corrected chi connectivity index (χ4v) is 3.59. The minimum Gasteiger partial charge on any atom is -0.486 e. The van der Waals surface area contributed by atoms with Gasteiger partial charge in [-0.1, -0.05) is 6.07 Å². The van der Waals surface area contributed by atoms with Crippen LogP contribution in [0, 0.1) is 13.8 Å². The molecule has 1 aliphatic rings. The first-order valence-electron chi connectivity index (χ1n) is 7.55. The average Bonchev–Trinajstić information content (AvgIpc) is 2.56. The second-order valence-electron chi connectivity index (χ2n) is 5.70. The molecule has 3 rings (SSSR count). The van der Waals surface area contributed by atoms with Crippen molar-refractivity contribution in [3.63, 3.8) is 0 Å². The van der Waals surface area contributed by atoms with Crippen LogP contribution in [-0.2, 0) is 10.0 Å². The Kier molecular flexibility index (Phi) is 4.30. The van der Waals surface area contributed by atoms with Crippen molar-refractivity contribution >= 4 is 21.7 Å². The molecular weight excluding hydrogens is 346 g/mol. The molecule has 0 saturated carbocycles. The Balaban J connectivity index is 2.03. The standard InChI is InChI=1S/C17H17NO6S/c1-10-3-4-12(7-11(10)2)25(21,22)18-14-9-16-15(23-5-6-24-16)8-13(14)17(19)20/h3-4,7-9,18H,5-6H2,1-2H3,(H,19,20). The molecule has 0 atom stereocenters. The fourth-order valence-electron chi connectivity index (χ4n) is 2.43. The van der Waals surface area contributed by atoms with E-state index in [0.717, 1.165) is 11.1 Å². The maximum absolute atomic E-state index is 12.6. The maximum atomic E-state index is 12.6. The number of carboxylic acids is 1. The highest BCUT2D eigenvalue weighted by atomic mass is 32.2. The normalized spacial score (nSPS) is 13.4. The van der Waals surface area contributed by atoms with Gasteiger partial charge >= 0.3 is 5.97 Å². The Labute approximate surface area is 145 Å². The van der Waals surface area contributed by atoms with Crippen LogP contribution >= 0.6 is 0 Å². The molecule has 0 spiro atoms. The number of hydrogen-bond donors (Lipinski definition) is 2. The van der Waals surface area contributed by atoms with Crippen LogP contribution < -0.4 is 14.2 Å². The molecule has 0 fully saturated rings. The van der Waals surface area contributed by atoms with E-state index in [9.17, 15) is 18.3 Å².